The molecule has 1 saturated heterocycles. The van der Waals surface area contributed by atoms with Crippen molar-refractivity contribution in [3.63, 3.8) is 0 Å². The third kappa shape index (κ3) is 3.44. The van der Waals surface area contributed by atoms with Gasteiger partial charge < -0.3 is 0 Å². The number of halogens is 1. The summed E-state index contributed by atoms with van der Waals surface area (Å²) in [5.74, 6) is 0.748. The Hall–Kier alpha value is -0.110. The summed E-state index contributed by atoms with van der Waals surface area (Å²) in [6, 6.07) is 0. The average Bonchev–Trinajstić information content (AvgIpc) is 2.57. The van der Waals surface area contributed by atoms with Gasteiger partial charge in [-0.25, -0.2) is 0 Å². The summed E-state index contributed by atoms with van der Waals surface area (Å²) in [4.78, 5) is 2.58. The Morgan fingerprint density at radius 1 is 1.38 bits per heavy atom. The van der Waals surface area contributed by atoms with Crippen LogP contribution in [0.1, 0.15) is 59.3 Å². The molecule has 96 valence electrons. The van der Waals surface area contributed by atoms with Crippen molar-refractivity contribution in [1.29, 1.82) is 0 Å². The Morgan fingerprint density at radius 3 is 2.69 bits per heavy atom. The van der Waals surface area contributed by atoms with Gasteiger partial charge in [0.2, 0.25) is 0 Å². The summed E-state index contributed by atoms with van der Waals surface area (Å²) in [5, 5.41) is 0. The highest BCUT2D eigenvalue weighted by Gasteiger charge is 2.39. The maximum Gasteiger partial charge on any atom is 0.0906 e. The molecule has 1 aliphatic heterocycles. The van der Waals surface area contributed by atoms with Gasteiger partial charge in [-0.15, -0.1) is 0 Å². The molecule has 16 heavy (non-hydrogen) atoms. The summed E-state index contributed by atoms with van der Waals surface area (Å²) in [7, 11) is 0. The first-order valence-corrected chi connectivity index (χ1v) is 6.95. The van der Waals surface area contributed by atoms with Crippen molar-refractivity contribution in [3.8, 4) is 0 Å². The largest absolute Gasteiger partial charge is 0.298 e. The van der Waals surface area contributed by atoms with E-state index in [2.05, 4.69) is 25.7 Å². The van der Waals surface area contributed by atoms with Crippen LogP contribution in [0.5, 0.6) is 0 Å². The molecule has 1 aliphatic rings. The molecule has 0 aliphatic carbocycles. The fraction of sp³-hybridized carbons (Fsp3) is 1.00. The van der Waals surface area contributed by atoms with E-state index in [0.29, 0.717) is 12.0 Å². The van der Waals surface area contributed by atoms with Crippen LogP contribution in [0.4, 0.5) is 4.39 Å². The molecule has 1 atom stereocenters. The molecule has 0 spiro atoms. The number of hydrogen-bond donors (Lipinski definition) is 0. The Labute approximate surface area is 100 Å². The van der Waals surface area contributed by atoms with Gasteiger partial charge in [0.25, 0.3) is 0 Å². The van der Waals surface area contributed by atoms with Crippen LogP contribution in [-0.4, -0.2) is 30.2 Å². The highest BCUT2D eigenvalue weighted by Crippen LogP contribution is 2.38. The first-order chi connectivity index (χ1) is 7.64. The standard InChI is InChI=1S/C14H28FN/c1-4-7-14(12-13(2)3)8-5-10-16(14)11-6-9-15/h13H,4-12H2,1-3H3. The van der Waals surface area contributed by atoms with Crippen LogP contribution in [0.25, 0.3) is 0 Å². The maximum atomic E-state index is 12.3. The third-order valence-corrected chi connectivity index (χ3v) is 3.81. The summed E-state index contributed by atoms with van der Waals surface area (Å²) in [5.41, 5.74) is 0.401. The second-order valence-electron chi connectivity index (χ2n) is 5.71. The Kier molecular flexibility index (Phi) is 5.74. The molecule has 1 rings (SSSR count). The zero-order valence-corrected chi connectivity index (χ0v) is 11.3. The molecule has 0 aromatic rings. The second-order valence-corrected chi connectivity index (χ2v) is 5.71. The van der Waals surface area contributed by atoms with Gasteiger partial charge in [0.1, 0.15) is 0 Å². The van der Waals surface area contributed by atoms with E-state index in [9.17, 15) is 4.39 Å². The Morgan fingerprint density at radius 2 is 2.12 bits per heavy atom. The molecule has 0 saturated carbocycles. The molecule has 0 N–H and O–H groups in total. The van der Waals surface area contributed by atoms with Gasteiger partial charge in [-0.1, -0.05) is 27.2 Å². The molecule has 1 nitrogen and oxygen atoms in total. The van der Waals surface area contributed by atoms with E-state index in [0.717, 1.165) is 12.5 Å². The zero-order valence-electron chi connectivity index (χ0n) is 11.3. The number of nitrogens with zero attached hydrogens (tertiary/aromatic N) is 1. The number of alkyl halides is 1. The second kappa shape index (κ2) is 6.58. The van der Waals surface area contributed by atoms with Gasteiger partial charge in [0.05, 0.1) is 6.67 Å². The SMILES string of the molecule is CCCC1(CC(C)C)CCCN1CCCF. The van der Waals surface area contributed by atoms with Crippen molar-refractivity contribution in [3.05, 3.63) is 0 Å². The first kappa shape index (κ1) is 14.0. The van der Waals surface area contributed by atoms with E-state index < -0.39 is 0 Å². The lowest BCUT2D eigenvalue weighted by Crippen LogP contribution is -2.45. The van der Waals surface area contributed by atoms with Gasteiger partial charge in [-0.3, -0.25) is 9.29 Å². The van der Waals surface area contributed by atoms with Crippen LogP contribution < -0.4 is 0 Å². The van der Waals surface area contributed by atoms with Crippen molar-refractivity contribution >= 4 is 0 Å². The molecule has 0 bridgehead atoms. The molecule has 1 fully saturated rings. The lowest BCUT2D eigenvalue weighted by molar-refractivity contribution is 0.0971. The minimum atomic E-state index is -0.166. The van der Waals surface area contributed by atoms with Crippen molar-refractivity contribution < 1.29 is 4.39 Å². The van der Waals surface area contributed by atoms with Gasteiger partial charge in [0, 0.05) is 12.1 Å². The normalized spacial score (nSPS) is 26.8. The predicted molar refractivity (Wildman–Crippen MR) is 68.5 cm³/mol. The molecule has 0 aromatic carbocycles. The molecule has 1 heterocycles. The van der Waals surface area contributed by atoms with Gasteiger partial charge in [-0.2, -0.15) is 0 Å². The Balaban J connectivity index is 2.64. The fourth-order valence-electron chi connectivity index (χ4n) is 3.44. The average molecular weight is 229 g/mol. The van der Waals surface area contributed by atoms with Gasteiger partial charge in [0.15, 0.2) is 0 Å². The summed E-state index contributed by atoms with van der Waals surface area (Å²) in [6.45, 7) is 8.87. The topological polar surface area (TPSA) is 3.24 Å². The van der Waals surface area contributed by atoms with E-state index in [1.54, 1.807) is 0 Å². The van der Waals surface area contributed by atoms with Crippen LogP contribution in [0.2, 0.25) is 0 Å². The Bertz CT molecular complexity index is 193. The summed E-state index contributed by atoms with van der Waals surface area (Å²) >= 11 is 0. The highest BCUT2D eigenvalue weighted by atomic mass is 19.1. The van der Waals surface area contributed by atoms with E-state index in [-0.39, 0.29) is 6.67 Å². The number of hydrogen-bond acceptors (Lipinski definition) is 1. The molecule has 0 radical (unpaired) electrons. The number of likely N-dealkylation sites (tertiary alicyclic amines) is 1. The molecule has 2 heteroatoms. The van der Waals surface area contributed by atoms with Gasteiger partial charge >= 0.3 is 0 Å². The molecule has 1 unspecified atom stereocenters. The first-order valence-electron chi connectivity index (χ1n) is 6.95. The van der Waals surface area contributed by atoms with Crippen molar-refractivity contribution in [2.75, 3.05) is 19.8 Å². The van der Waals surface area contributed by atoms with Crippen LogP contribution >= 0.6 is 0 Å². The molecule has 0 aromatic heterocycles. The lowest BCUT2D eigenvalue weighted by Gasteiger charge is -2.40. The predicted octanol–water partition coefficient (Wildman–Crippen LogP) is 4.03. The highest BCUT2D eigenvalue weighted by molar-refractivity contribution is 4.95. The van der Waals surface area contributed by atoms with Gasteiger partial charge in [-0.05, 0) is 44.6 Å². The van der Waals surface area contributed by atoms with E-state index in [1.807, 2.05) is 0 Å². The maximum absolute atomic E-state index is 12.3. The number of rotatable bonds is 7. The van der Waals surface area contributed by atoms with Crippen LogP contribution in [0.15, 0.2) is 0 Å². The van der Waals surface area contributed by atoms with E-state index in [1.165, 1.54) is 38.6 Å². The quantitative estimate of drug-likeness (QED) is 0.637. The zero-order chi connectivity index (χ0) is 12.0. The smallest absolute Gasteiger partial charge is 0.0906 e. The van der Waals surface area contributed by atoms with E-state index >= 15 is 0 Å². The summed E-state index contributed by atoms with van der Waals surface area (Å²) < 4.78 is 12.3. The van der Waals surface area contributed by atoms with Crippen molar-refractivity contribution in [2.24, 2.45) is 5.92 Å². The summed E-state index contributed by atoms with van der Waals surface area (Å²) in [6.07, 6.45) is 7.16. The van der Waals surface area contributed by atoms with Crippen LogP contribution in [0.3, 0.4) is 0 Å². The third-order valence-electron chi connectivity index (χ3n) is 3.81. The van der Waals surface area contributed by atoms with Crippen LogP contribution in [-0.2, 0) is 0 Å². The fourth-order valence-corrected chi connectivity index (χ4v) is 3.44. The van der Waals surface area contributed by atoms with Crippen molar-refractivity contribution in [1.82, 2.24) is 4.90 Å². The lowest BCUT2D eigenvalue weighted by atomic mass is 9.82. The van der Waals surface area contributed by atoms with Crippen molar-refractivity contribution in [2.45, 2.75) is 64.8 Å². The monoisotopic (exact) mass is 229 g/mol. The molecule has 0 amide bonds. The van der Waals surface area contributed by atoms with E-state index in [4.69, 9.17) is 0 Å². The minimum absolute atomic E-state index is 0.166. The van der Waals surface area contributed by atoms with Crippen LogP contribution in [0, 0.1) is 5.92 Å². The molecular formula is C14H28FN. The molecular weight excluding hydrogens is 201 g/mol. The minimum Gasteiger partial charge on any atom is -0.298 e.